The number of hydrogen-bond acceptors (Lipinski definition) is 12. The largest absolute Gasteiger partial charge is 0.491 e. The summed E-state index contributed by atoms with van der Waals surface area (Å²) in [5.41, 5.74) is 0.870. The standard InChI is InChI=1S/C30H48N4O12.Gd/c1-43-12-13-44-14-15-45-16-17-46-26-4-2-24(3-5-26)18-25-19-33(22-29(39)40)9-8-31(20-27(35)36)6-7-32(21-28(37)38)10-11-34(25)23-30(41)42;/h2-5,25H,6-23H2,1H3,(H,35,36)(H,37,38)(H,39,40)(H,41,42);/t25-;/m0./s1. The molecule has 1 heterocycles. The molecule has 0 amide bonds. The molecule has 1 aliphatic heterocycles. The molecule has 0 saturated carbocycles. The number of aliphatic carboxylic acids is 4. The van der Waals surface area contributed by atoms with Crippen LogP contribution < -0.4 is 4.74 Å². The molecule has 0 aromatic heterocycles. The summed E-state index contributed by atoms with van der Waals surface area (Å²) in [5, 5.41) is 38.2. The van der Waals surface area contributed by atoms with Crippen molar-refractivity contribution >= 4 is 23.9 Å². The second kappa shape index (κ2) is 25.0. The van der Waals surface area contributed by atoms with Crippen molar-refractivity contribution in [3.63, 3.8) is 0 Å². The van der Waals surface area contributed by atoms with E-state index in [1.54, 1.807) is 38.8 Å². The predicted octanol–water partition coefficient (Wildman–Crippen LogP) is -0.784. The number of nitrogens with zero attached hydrogens (tertiary/aromatic N) is 4. The minimum atomic E-state index is -1.06. The van der Waals surface area contributed by atoms with Gasteiger partial charge in [-0.05, 0) is 24.1 Å². The Balaban J connectivity index is 0.0000110. The van der Waals surface area contributed by atoms with E-state index in [1.165, 1.54) is 0 Å². The van der Waals surface area contributed by atoms with Crippen molar-refractivity contribution in [2.75, 3.05) is 119 Å². The SMILES string of the molecule is COCCOCCOCCOc1ccc(C[C@H]2CN(CC(=O)O)CCN(CC(=O)O)CCN(CC(=O)O)CCN2CC(=O)O)cc1.[Gd]. The first-order valence-corrected chi connectivity index (χ1v) is 15.2. The Kier molecular flexibility index (Phi) is 22.8. The van der Waals surface area contributed by atoms with Gasteiger partial charge in [-0.25, -0.2) is 0 Å². The molecule has 17 heteroatoms. The fourth-order valence-corrected chi connectivity index (χ4v) is 5.03. The summed E-state index contributed by atoms with van der Waals surface area (Å²) >= 11 is 0. The summed E-state index contributed by atoms with van der Waals surface area (Å²) < 4.78 is 21.5. The number of hydrogen-bond donors (Lipinski definition) is 4. The van der Waals surface area contributed by atoms with Crippen molar-refractivity contribution in [3.05, 3.63) is 29.8 Å². The molecule has 47 heavy (non-hydrogen) atoms. The van der Waals surface area contributed by atoms with E-state index in [9.17, 15) is 39.6 Å². The van der Waals surface area contributed by atoms with Gasteiger partial charge >= 0.3 is 23.9 Å². The average Bonchev–Trinajstić information content (AvgIpc) is 2.98. The minimum Gasteiger partial charge on any atom is -0.491 e. The number of benzene rings is 1. The van der Waals surface area contributed by atoms with Crippen LogP contribution in [0.3, 0.4) is 0 Å². The Hall–Kier alpha value is -2.06. The number of carboxylic acid groups (broad SMARTS) is 4. The maximum Gasteiger partial charge on any atom is 0.317 e. The smallest absolute Gasteiger partial charge is 0.317 e. The van der Waals surface area contributed by atoms with Crippen LogP contribution in [-0.4, -0.2) is 189 Å². The number of methoxy groups -OCH3 is 1. The van der Waals surface area contributed by atoms with E-state index >= 15 is 0 Å². The van der Waals surface area contributed by atoms with Crippen LogP contribution in [0.2, 0.25) is 0 Å². The first-order valence-electron chi connectivity index (χ1n) is 15.2. The molecule has 1 saturated heterocycles. The molecule has 16 nitrogen and oxygen atoms in total. The maximum atomic E-state index is 11.9. The number of carboxylic acids is 4. The molecule has 268 valence electrons. The minimum absolute atomic E-state index is 0. The topological polar surface area (TPSA) is 199 Å². The molecule has 1 atom stereocenters. The van der Waals surface area contributed by atoms with Crippen molar-refractivity contribution in [2.24, 2.45) is 0 Å². The number of rotatable bonds is 20. The first kappa shape index (κ1) is 43.0. The Bertz CT molecular complexity index is 1070. The maximum absolute atomic E-state index is 11.9. The fraction of sp³-hybridized carbons (Fsp3) is 0.667. The number of carbonyl (C=O) groups is 4. The zero-order valence-corrected chi connectivity index (χ0v) is 29.1. The fourth-order valence-electron chi connectivity index (χ4n) is 5.03. The van der Waals surface area contributed by atoms with Crippen molar-refractivity contribution < 1.29 is 98.5 Å². The van der Waals surface area contributed by atoms with Crippen LogP contribution in [0.1, 0.15) is 5.56 Å². The second-order valence-corrected chi connectivity index (χ2v) is 10.9. The van der Waals surface area contributed by atoms with Gasteiger partial charge in [0.15, 0.2) is 0 Å². The summed E-state index contributed by atoms with van der Waals surface area (Å²) in [5.74, 6) is -3.59. The molecule has 1 aromatic carbocycles. The molecule has 1 aromatic rings. The monoisotopic (exact) mass is 814 g/mol. The Morgan fingerprint density at radius 1 is 0.638 bits per heavy atom. The van der Waals surface area contributed by atoms with E-state index in [4.69, 9.17) is 18.9 Å². The van der Waals surface area contributed by atoms with E-state index in [0.717, 1.165) is 5.56 Å². The van der Waals surface area contributed by atoms with Gasteiger partial charge in [0.2, 0.25) is 0 Å². The van der Waals surface area contributed by atoms with Crippen LogP contribution in [0.25, 0.3) is 0 Å². The molecular formula is C30H48GdN4O12. The van der Waals surface area contributed by atoms with Crippen LogP contribution in [0.15, 0.2) is 24.3 Å². The van der Waals surface area contributed by atoms with E-state index in [1.807, 2.05) is 12.1 Å². The van der Waals surface area contributed by atoms with Crippen molar-refractivity contribution in [3.8, 4) is 5.75 Å². The van der Waals surface area contributed by atoms with Crippen molar-refractivity contribution in [1.82, 2.24) is 19.6 Å². The van der Waals surface area contributed by atoms with Crippen LogP contribution in [0, 0.1) is 39.9 Å². The zero-order valence-electron chi connectivity index (χ0n) is 26.8. The predicted molar refractivity (Wildman–Crippen MR) is 164 cm³/mol. The Morgan fingerprint density at radius 2 is 1.09 bits per heavy atom. The molecule has 2 rings (SSSR count). The van der Waals surface area contributed by atoms with Gasteiger partial charge in [0.05, 0.1) is 59.2 Å². The summed E-state index contributed by atoms with van der Waals surface area (Å²) in [6.07, 6.45) is 0.383. The van der Waals surface area contributed by atoms with Crippen LogP contribution in [-0.2, 0) is 39.8 Å². The van der Waals surface area contributed by atoms with E-state index in [2.05, 4.69) is 0 Å². The summed E-state index contributed by atoms with van der Waals surface area (Å²) in [4.78, 5) is 53.4. The van der Waals surface area contributed by atoms with Crippen LogP contribution >= 0.6 is 0 Å². The van der Waals surface area contributed by atoms with Gasteiger partial charge in [0, 0.05) is 98.9 Å². The van der Waals surface area contributed by atoms with Crippen molar-refractivity contribution in [2.45, 2.75) is 12.5 Å². The number of ether oxygens (including phenoxy) is 4. The van der Waals surface area contributed by atoms with Gasteiger partial charge < -0.3 is 39.4 Å². The summed E-state index contributed by atoms with van der Waals surface area (Å²) in [6, 6.07) is 6.88. The first-order chi connectivity index (χ1) is 22.0. The molecule has 0 bridgehead atoms. The molecule has 0 spiro atoms. The van der Waals surface area contributed by atoms with Gasteiger partial charge in [-0.3, -0.25) is 38.8 Å². The molecular weight excluding hydrogens is 766 g/mol. The van der Waals surface area contributed by atoms with Crippen molar-refractivity contribution in [1.29, 1.82) is 0 Å². The normalized spacial score (nSPS) is 17.6. The van der Waals surface area contributed by atoms with Gasteiger partial charge in [0.1, 0.15) is 12.4 Å². The van der Waals surface area contributed by atoms with Gasteiger partial charge in [0.25, 0.3) is 0 Å². The van der Waals surface area contributed by atoms with Gasteiger partial charge in [-0.15, -0.1) is 0 Å². The molecule has 4 N–H and O–H groups in total. The quantitative estimate of drug-likeness (QED) is 0.120. The van der Waals surface area contributed by atoms with Gasteiger partial charge in [-0.2, -0.15) is 0 Å². The van der Waals surface area contributed by atoms with Gasteiger partial charge in [-0.1, -0.05) is 12.1 Å². The van der Waals surface area contributed by atoms with E-state index in [-0.39, 0.29) is 112 Å². The summed E-state index contributed by atoms with van der Waals surface area (Å²) in [6.45, 7) is 3.05. The van der Waals surface area contributed by atoms with E-state index in [0.29, 0.717) is 51.8 Å². The molecule has 1 aliphatic rings. The third-order valence-corrected chi connectivity index (χ3v) is 7.26. The third-order valence-electron chi connectivity index (χ3n) is 7.26. The third kappa shape index (κ3) is 20.1. The summed E-state index contributed by atoms with van der Waals surface area (Å²) in [7, 11) is 1.61. The zero-order chi connectivity index (χ0) is 33.7. The molecule has 1 fully saturated rings. The molecule has 0 unspecified atom stereocenters. The average molecular weight is 814 g/mol. The molecule has 0 radical (unpaired) electrons. The second-order valence-electron chi connectivity index (χ2n) is 10.9. The van der Waals surface area contributed by atoms with E-state index < -0.39 is 29.9 Å². The van der Waals surface area contributed by atoms with Crippen LogP contribution in [0.4, 0.5) is 0 Å². The van der Waals surface area contributed by atoms with Crippen LogP contribution in [0.5, 0.6) is 5.75 Å². The molecule has 0 aliphatic carbocycles. The Labute approximate surface area is 307 Å². The Morgan fingerprint density at radius 3 is 1.60 bits per heavy atom.